The zero-order chi connectivity index (χ0) is 16.0. The van der Waals surface area contributed by atoms with Gasteiger partial charge in [-0.15, -0.1) is 0 Å². The number of alkyl carbamates (subject to hydrolysis) is 1. The lowest BCUT2D eigenvalue weighted by molar-refractivity contribution is 0.0508. The first-order chi connectivity index (χ1) is 9.73. The molecule has 118 valence electrons. The highest BCUT2D eigenvalue weighted by atomic mass is 19.1. The molecule has 0 radical (unpaired) electrons. The topological polar surface area (TPSA) is 47.6 Å². The molecule has 0 bridgehead atoms. The number of nitrogens with one attached hydrogen (secondary N) is 1. The maximum absolute atomic E-state index is 13.8. The molecule has 0 aromatic heterocycles. The highest BCUT2D eigenvalue weighted by molar-refractivity contribution is 5.68. The molecule has 0 aliphatic carbocycles. The molecular weight excluding hydrogens is 280 g/mol. The van der Waals surface area contributed by atoms with Crippen molar-refractivity contribution in [2.75, 3.05) is 13.3 Å². The molecule has 0 aliphatic rings. The number of carbonyl (C=O) groups excluding carboxylic acids is 1. The van der Waals surface area contributed by atoms with Gasteiger partial charge in [0, 0.05) is 0 Å². The molecule has 0 saturated carbocycles. The van der Waals surface area contributed by atoms with Crippen LogP contribution in [0, 0.1) is 5.82 Å². The van der Waals surface area contributed by atoms with E-state index in [2.05, 4.69) is 5.32 Å². The van der Waals surface area contributed by atoms with Crippen LogP contribution in [0.2, 0.25) is 0 Å². The Hall–Kier alpha value is -1.85. The molecule has 1 atom stereocenters. The van der Waals surface area contributed by atoms with Crippen LogP contribution in [0.3, 0.4) is 0 Å². The summed E-state index contributed by atoms with van der Waals surface area (Å²) in [6.07, 6.45) is -0.576. The van der Waals surface area contributed by atoms with Crippen molar-refractivity contribution in [2.45, 2.75) is 39.3 Å². The van der Waals surface area contributed by atoms with Gasteiger partial charge in [-0.3, -0.25) is 0 Å². The van der Waals surface area contributed by atoms with E-state index in [0.29, 0.717) is 5.56 Å². The van der Waals surface area contributed by atoms with Crippen molar-refractivity contribution in [2.24, 2.45) is 0 Å². The average Bonchev–Trinajstić information content (AvgIpc) is 2.34. The van der Waals surface area contributed by atoms with Gasteiger partial charge in [-0.05, 0) is 45.4 Å². The van der Waals surface area contributed by atoms with Crippen molar-refractivity contribution in [1.29, 1.82) is 0 Å². The summed E-state index contributed by atoms with van der Waals surface area (Å²) in [5.41, 5.74) is -0.0370. The minimum Gasteiger partial charge on any atom is -0.488 e. The lowest BCUT2D eigenvalue weighted by Gasteiger charge is -2.22. The first-order valence-electron chi connectivity index (χ1n) is 6.70. The van der Waals surface area contributed by atoms with Crippen molar-refractivity contribution in [3.05, 3.63) is 29.6 Å². The van der Waals surface area contributed by atoms with E-state index in [1.165, 1.54) is 12.1 Å². The largest absolute Gasteiger partial charge is 0.488 e. The molecule has 1 rings (SSSR count). The Bertz CT molecular complexity index is 486. The Morgan fingerprint density at radius 3 is 2.57 bits per heavy atom. The summed E-state index contributed by atoms with van der Waals surface area (Å²) in [5.74, 6) is -0.611. The van der Waals surface area contributed by atoms with Crippen LogP contribution in [0.5, 0.6) is 5.75 Å². The Kier molecular flexibility index (Phi) is 5.93. The number of alkyl halides is 1. The van der Waals surface area contributed by atoms with E-state index in [4.69, 9.17) is 9.47 Å². The van der Waals surface area contributed by atoms with E-state index in [1.54, 1.807) is 33.8 Å². The van der Waals surface area contributed by atoms with Crippen LogP contribution >= 0.6 is 0 Å². The summed E-state index contributed by atoms with van der Waals surface area (Å²) < 4.78 is 35.8. The molecule has 1 aromatic rings. The highest BCUT2D eigenvalue weighted by Gasteiger charge is 2.19. The number of carbonyl (C=O) groups is 1. The first kappa shape index (κ1) is 17.2. The predicted octanol–water partition coefficient (Wildman–Crippen LogP) is 3.76. The number of rotatable bonds is 5. The van der Waals surface area contributed by atoms with Gasteiger partial charge in [0.2, 0.25) is 0 Å². The minimum absolute atomic E-state index is 0.0131. The van der Waals surface area contributed by atoms with Crippen molar-refractivity contribution in [3.8, 4) is 5.75 Å². The maximum atomic E-state index is 13.8. The monoisotopic (exact) mass is 301 g/mol. The van der Waals surface area contributed by atoms with Crippen LogP contribution in [-0.4, -0.2) is 25.0 Å². The summed E-state index contributed by atoms with van der Waals surface area (Å²) in [5, 5.41) is 2.61. The number of amides is 1. The van der Waals surface area contributed by atoms with Gasteiger partial charge in [0.05, 0.1) is 6.04 Å². The van der Waals surface area contributed by atoms with E-state index in [0.717, 1.165) is 0 Å². The molecule has 1 aromatic carbocycles. The lowest BCUT2D eigenvalue weighted by atomic mass is 10.1. The molecular formula is C15H21F2NO3. The molecule has 4 nitrogen and oxygen atoms in total. The van der Waals surface area contributed by atoms with Crippen LogP contribution in [0.15, 0.2) is 18.2 Å². The van der Waals surface area contributed by atoms with Gasteiger partial charge in [0.25, 0.3) is 0 Å². The third-order valence-electron chi connectivity index (χ3n) is 2.52. The smallest absolute Gasteiger partial charge is 0.408 e. The molecule has 0 unspecified atom stereocenters. The normalized spacial score (nSPS) is 12.7. The van der Waals surface area contributed by atoms with Gasteiger partial charge >= 0.3 is 6.09 Å². The van der Waals surface area contributed by atoms with Gasteiger partial charge < -0.3 is 14.8 Å². The number of hydrogen-bond acceptors (Lipinski definition) is 3. The van der Waals surface area contributed by atoms with Crippen LogP contribution in [0.4, 0.5) is 13.6 Å². The molecule has 0 saturated heterocycles. The summed E-state index contributed by atoms with van der Waals surface area (Å²) in [6.45, 7) is 6.11. The zero-order valence-corrected chi connectivity index (χ0v) is 12.7. The van der Waals surface area contributed by atoms with Crippen LogP contribution in [0.25, 0.3) is 0 Å². The average molecular weight is 301 g/mol. The Labute approximate surface area is 123 Å². The lowest BCUT2D eigenvalue weighted by Crippen LogP contribution is -2.34. The Morgan fingerprint density at radius 2 is 2.05 bits per heavy atom. The van der Waals surface area contributed by atoms with E-state index in [1.807, 2.05) is 0 Å². The molecule has 0 aliphatic heterocycles. The van der Waals surface area contributed by atoms with Gasteiger partial charge in [-0.25, -0.2) is 13.6 Å². The van der Waals surface area contributed by atoms with Crippen molar-refractivity contribution < 1.29 is 23.0 Å². The van der Waals surface area contributed by atoms with Crippen LogP contribution in [0.1, 0.15) is 39.3 Å². The van der Waals surface area contributed by atoms with Gasteiger partial charge in [-0.1, -0.05) is 6.07 Å². The van der Waals surface area contributed by atoms with E-state index < -0.39 is 30.2 Å². The molecule has 1 N–H and O–H groups in total. The van der Waals surface area contributed by atoms with Gasteiger partial charge in [0.15, 0.2) is 11.6 Å². The van der Waals surface area contributed by atoms with Crippen molar-refractivity contribution >= 4 is 6.09 Å². The Morgan fingerprint density at radius 1 is 1.38 bits per heavy atom. The summed E-state index contributed by atoms with van der Waals surface area (Å²) in [7, 11) is 0. The Balaban J connectivity index is 2.68. The van der Waals surface area contributed by atoms with Crippen molar-refractivity contribution in [1.82, 2.24) is 5.32 Å². The quantitative estimate of drug-likeness (QED) is 0.900. The van der Waals surface area contributed by atoms with Crippen LogP contribution in [-0.2, 0) is 4.74 Å². The minimum atomic E-state index is -0.683. The molecule has 0 fully saturated rings. The third-order valence-corrected chi connectivity index (χ3v) is 2.52. The summed E-state index contributed by atoms with van der Waals surface area (Å²) in [4.78, 5) is 11.6. The fourth-order valence-corrected chi connectivity index (χ4v) is 1.62. The molecule has 6 heteroatoms. The standard InChI is InChI=1S/C15H21F2NO3/c1-10(18-14(19)21-15(2,3)4)11-5-6-13(12(17)9-11)20-8-7-16/h5-6,9-10H,7-8H2,1-4H3,(H,18,19)/t10-/m1/s1. The molecule has 0 spiro atoms. The van der Waals surface area contributed by atoms with Gasteiger partial charge in [0.1, 0.15) is 18.9 Å². The second kappa shape index (κ2) is 7.24. The van der Waals surface area contributed by atoms with Gasteiger partial charge in [-0.2, -0.15) is 0 Å². The van der Waals surface area contributed by atoms with E-state index >= 15 is 0 Å². The molecule has 0 heterocycles. The SMILES string of the molecule is C[C@@H](NC(=O)OC(C)(C)C)c1ccc(OCCF)c(F)c1. The molecule has 1 amide bonds. The first-order valence-corrected chi connectivity index (χ1v) is 6.70. The zero-order valence-electron chi connectivity index (χ0n) is 12.7. The summed E-state index contributed by atoms with van der Waals surface area (Å²) >= 11 is 0. The fraction of sp³-hybridized carbons (Fsp3) is 0.533. The van der Waals surface area contributed by atoms with Crippen molar-refractivity contribution in [3.63, 3.8) is 0 Å². The third kappa shape index (κ3) is 5.97. The number of hydrogen-bond donors (Lipinski definition) is 1. The number of benzene rings is 1. The number of ether oxygens (including phenoxy) is 2. The van der Waals surface area contributed by atoms with E-state index in [-0.39, 0.29) is 12.4 Å². The second-order valence-electron chi connectivity index (χ2n) is 5.60. The molecule has 21 heavy (non-hydrogen) atoms. The fourth-order valence-electron chi connectivity index (χ4n) is 1.62. The maximum Gasteiger partial charge on any atom is 0.408 e. The van der Waals surface area contributed by atoms with Crippen LogP contribution < -0.4 is 10.1 Å². The second-order valence-corrected chi connectivity index (χ2v) is 5.60. The predicted molar refractivity (Wildman–Crippen MR) is 75.7 cm³/mol. The number of halogens is 2. The summed E-state index contributed by atoms with van der Waals surface area (Å²) in [6, 6.07) is 3.84. The van der Waals surface area contributed by atoms with E-state index in [9.17, 15) is 13.6 Å². The highest BCUT2D eigenvalue weighted by Crippen LogP contribution is 2.22.